The molecule has 0 aliphatic carbocycles. The Morgan fingerprint density at radius 3 is 2.79 bits per heavy atom. The van der Waals surface area contributed by atoms with Crippen LogP contribution in [0.3, 0.4) is 0 Å². The molecule has 1 heterocycles. The molecule has 102 valence electrons. The number of aryl methyl sites for hydroxylation is 2. The molecule has 19 heavy (non-hydrogen) atoms. The van der Waals surface area contributed by atoms with Gasteiger partial charge in [0.2, 0.25) is 0 Å². The van der Waals surface area contributed by atoms with Gasteiger partial charge in [-0.05, 0) is 37.6 Å². The molecule has 2 aromatic rings. The van der Waals surface area contributed by atoms with Crippen LogP contribution in [0.2, 0.25) is 0 Å². The van der Waals surface area contributed by atoms with E-state index >= 15 is 0 Å². The lowest BCUT2D eigenvalue weighted by molar-refractivity contribution is 0.559. The summed E-state index contributed by atoms with van der Waals surface area (Å²) in [7, 11) is 0. The summed E-state index contributed by atoms with van der Waals surface area (Å²) in [6, 6.07) is 6.62. The van der Waals surface area contributed by atoms with Crippen LogP contribution in [-0.2, 0) is 6.54 Å². The van der Waals surface area contributed by atoms with Crippen molar-refractivity contribution in [2.75, 3.05) is 6.54 Å². The summed E-state index contributed by atoms with van der Waals surface area (Å²) >= 11 is 3.61. The minimum atomic E-state index is 0.136. The van der Waals surface area contributed by atoms with Crippen LogP contribution >= 0.6 is 15.9 Å². The van der Waals surface area contributed by atoms with Crippen LogP contribution in [0, 0.1) is 6.92 Å². The molecule has 0 aliphatic rings. The highest BCUT2D eigenvalue weighted by atomic mass is 79.9. The first-order valence-corrected chi connectivity index (χ1v) is 7.47. The lowest BCUT2D eigenvalue weighted by Crippen LogP contribution is -2.25. The lowest BCUT2D eigenvalue weighted by Gasteiger charge is -2.19. The molecule has 1 aromatic heterocycles. The van der Waals surface area contributed by atoms with Gasteiger partial charge in [0, 0.05) is 23.4 Å². The van der Waals surface area contributed by atoms with Crippen LogP contribution in [-0.4, -0.2) is 16.1 Å². The normalized spacial score (nSPS) is 12.6. The Morgan fingerprint density at radius 2 is 2.16 bits per heavy atom. The van der Waals surface area contributed by atoms with Gasteiger partial charge in [-0.25, -0.2) is 4.98 Å². The van der Waals surface area contributed by atoms with Crippen molar-refractivity contribution in [1.29, 1.82) is 0 Å². The molecule has 3 nitrogen and oxygen atoms in total. The van der Waals surface area contributed by atoms with Gasteiger partial charge in [0.15, 0.2) is 0 Å². The van der Waals surface area contributed by atoms with Gasteiger partial charge in [-0.3, -0.25) is 0 Å². The average Bonchev–Trinajstić information content (AvgIpc) is 2.87. The molecule has 1 N–H and O–H groups in total. The molecule has 1 atom stereocenters. The van der Waals surface area contributed by atoms with Crippen LogP contribution in [0.1, 0.15) is 36.8 Å². The molecule has 0 saturated carbocycles. The van der Waals surface area contributed by atoms with Crippen molar-refractivity contribution < 1.29 is 0 Å². The van der Waals surface area contributed by atoms with Crippen molar-refractivity contribution in [2.24, 2.45) is 0 Å². The maximum absolute atomic E-state index is 4.52. The largest absolute Gasteiger partial charge is 0.334 e. The molecule has 0 fully saturated rings. The van der Waals surface area contributed by atoms with Crippen LogP contribution < -0.4 is 5.32 Å². The first-order chi connectivity index (χ1) is 9.17. The van der Waals surface area contributed by atoms with Gasteiger partial charge < -0.3 is 9.88 Å². The van der Waals surface area contributed by atoms with E-state index in [9.17, 15) is 0 Å². The van der Waals surface area contributed by atoms with Crippen molar-refractivity contribution in [3.8, 4) is 0 Å². The molecule has 0 saturated heterocycles. The number of imidazole rings is 1. The molecule has 0 radical (unpaired) electrons. The summed E-state index contributed by atoms with van der Waals surface area (Å²) in [4.78, 5) is 4.52. The fourth-order valence-electron chi connectivity index (χ4n) is 2.20. The number of nitrogens with zero attached hydrogens (tertiary/aromatic N) is 2. The molecule has 1 unspecified atom stereocenters. The van der Waals surface area contributed by atoms with E-state index in [1.54, 1.807) is 0 Å². The second-order valence-corrected chi connectivity index (χ2v) is 5.43. The first-order valence-electron chi connectivity index (χ1n) is 6.67. The molecule has 0 bridgehead atoms. The summed E-state index contributed by atoms with van der Waals surface area (Å²) in [5.41, 5.74) is 2.48. The molecule has 4 heteroatoms. The minimum absolute atomic E-state index is 0.136. The Bertz CT molecular complexity index is 548. The predicted molar refractivity (Wildman–Crippen MR) is 82.3 cm³/mol. The van der Waals surface area contributed by atoms with Crippen molar-refractivity contribution in [3.63, 3.8) is 0 Å². The van der Waals surface area contributed by atoms with Crippen LogP contribution in [0.15, 0.2) is 35.1 Å². The highest BCUT2D eigenvalue weighted by Crippen LogP contribution is 2.25. The van der Waals surface area contributed by atoms with Crippen molar-refractivity contribution >= 4 is 15.9 Å². The Balaban J connectivity index is 2.42. The maximum Gasteiger partial charge on any atom is 0.130 e. The van der Waals surface area contributed by atoms with Crippen LogP contribution in [0.25, 0.3) is 0 Å². The second kappa shape index (κ2) is 6.35. The van der Waals surface area contributed by atoms with Gasteiger partial charge >= 0.3 is 0 Å². The zero-order valence-electron chi connectivity index (χ0n) is 11.7. The van der Waals surface area contributed by atoms with E-state index in [1.807, 2.05) is 12.4 Å². The molecule has 0 spiro atoms. The Kier molecular flexibility index (Phi) is 4.77. The van der Waals surface area contributed by atoms with E-state index in [0.29, 0.717) is 0 Å². The Morgan fingerprint density at radius 1 is 1.37 bits per heavy atom. The molecular formula is C15H20BrN3. The smallest absolute Gasteiger partial charge is 0.130 e. The van der Waals surface area contributed by atoms with Crippen LogP contribution in [0.5, 0.6) is 0 Å². The number of benzene rings is 1. The van der Waals surface area contributed by atoms with Gasteiger partial charge in [-0.2, -0.15) is 0 Å². The topological polar surface area (TPSA) is 29.9 Å². The molecule has 2 rings (SSSR count). The van der Waals surface area contributed by atoms with Crippen molar-refractivity contribution in [1.82, 2.24) is 14.9 Å². The zero-order chi connectivity index (χ0) is 13.8. The Hall–Kier alpha value is -1.13. The van der Waals surface area contributed by atoms with E-state index in [-0.39, 0.29) is 6.04 Å². The fourth-order valence-corrected chi connectivity index (χ4v) is 2.60. The highest BCUT2D eigenvalue weighted by molar-refractivity contribution is 9.10. The van der Waals surface area contributed by atoms with E-state index in [4.69, 9.17) is 0 Å². The van der Waals surface area contributed by atoms with E-state index in [1.165, 1.54) is 11.1 Å². The summed E-state index contributed by atoms with van der Waals surface area (Å²) in [6.45, 7) is 8.20. The summed E-state index contributed by atoms with van der Waals surface area (Å²) < 4.78 is 3.32. The highest BCUT2D eigenvalue weighted by Gasteiger charge is 2.18. The zero-order valence-corrected chi connectivity index (χ0v) is 13.2. The van der Waals surface area contributed by atoms with Crippen molar-refractivity contribution in [3.05, 3.63) is 52.0 Å². The van der Waals surface area contributed by atoms with E-state index < -0.39 is 0 Å². The molecule has 0 amide bonds. The monoisotopic (exact) mass is 321 g/mol. The number of halogens is 1. The first kappa shape index (κ1) is 14.3. The SMILES string of the molecule is CCNC(c1ccc(C)c(Br)c1)c1nccn1CC. The molecule has 0 aliphatic heterocycles. The third-order valence-electron chi connectivity index (χ3n) is 3.28. The maximum atomic E-state index is 4.52. The number of rotatable bonds is 5. The molecular weight excluding hydrogens is 302 g/mol. The quantitative estimate of drug-likeness (QED) is 0.910. The average molecular weight is 322 g/mol. The minimum Gasteiger partial charge on any atom is -0.334 e. The van der Waals surface area contributed by atoms with E-state index in [0.717, 1.165) is 23.4 Å². The lowest BCUT2D eigenvalue weighted by atomic mass is 10.0. The van der Waals surface area contributed by atoms with Gasteiger partial charge in [-0.1, -0.05) is 35.0 Å². The predicted octanol–water partition coefficient (Wildman–Crippen LogP) is 3.67. The number of hydrogen-bond donors (Lipinski definition) is 1. The van der Waals surface area contributed by atoms with Gasteiger partial charge in [0.1, 0.15) is 5.82 Å². The van der Waals surface area contributed by atoms with Gasteiger partial charge in [0.05, 0.1) is 6.04 Å². The Labute approximate surface area is 123 Å². The number of aromatic nitrogens is 2. The fraction of sp³-hybridized carbons (Fsp3) is 0.400. The third-order valence-corrected chi connectivity index (χ3v) is 4.14. The standard InChI is InChI=1S/C15H20BrN3/c1-4-17-14(15-18-8-9-19(15)5-2)12-7-6-11(3)13(16)10-12/h6-10,14,17H,4-5H2,1-3H3. The van der Waals surface area contributed by atoms with Crippen molar-refractivity contribution in [2.45, 2.75) is 33.4 Å². The molecule has 1 aromatic carbocycles. The number of nitrogens with one attached hydrogen (secondary N) is 1. The van der Waals surface area contributed by atoms with Gasteiger partial charge in [-0.15, -0.1) is 0 Å². The van der Waals surface area contributed by atoms with E-state index in [2.05, 4.69) is 69.8 Å². The summed E-state index contributed by atoms with van der Waals surface area (Å²) in [5.74, 6) is 1.07. The van der Waals surface area contributed by atoms with Gasteiger partial charge in [0.25, 0.3) is 0 Å². The summed E-state index contributed by atoms with van der Waals surface area (Å²) in [5, 5.41) is 3.52. The summed E-state index contributed by atoms with van der Waals surface area (Å²) in [6.07, 6.45) is 3.90. The van der Waals surface area contributed by atoms with Crippen LogP contribution in [0.4, 0.5) is 0 Å². The second-order valence-electron chi connectivity index (χ2n) is 4.57. The number of hydrogen-bond acceptors (Lipinski definition) is 2. The third kappa shape index (κ3) is 3.07.